The zero-order valence-electron chi connectivity index (χ0n) is 16.6. The Kier molecular flexibility index (Phi) is 3.83. The fourth-order valence-corrected chi connectivity index (χ4v) is 3.91. The summed E-state index contributed by atoms with van der Waals surface area (Å²) < 4.78 is 16.2. The van der Waals surface area contributed by atoms with Gasteiger partial charge in [0.1, 0.15) is 5.82 Å². The van der Waals surface area contributed by atoms with Crippen LogP contribution in [0.3, 0.4) is 0 Å². The summed E-state index contributed by atoms with van der Waals surface area (Å²) in [7, 11) is 0. The molecule has 2 amide bonds. The van der Waals surface area contributed by atoms with Gasteiger partial charge in [0, 0.05) is 6.20 Å². The van der Waals surface area contributed by atoms with Gasteiger partial charge in [-0.2, -0.15) is 5.10 Å². The molecule has 30 heavy (non-hydrogen) atoms. The van der Waals surface area contributed by atoms with Gasteiger partial charge in [-0.05, 0) is 56.2 Å². The van der Waals surface area contributed by atoms with Crippen molar-refractivity contribution in [2.75, 3.05) is 4.90 Å². The smallest absolute Gasteiger partial charge is 0.267 e. The van der Waals surface area contributed by atoms with Gasteiger partial charge < -0.3 is 0 Å². The number of fused-ring (bicyclic) bond motifs is 3. The molecule has 0 saturated carbocycles. The van der Waals surface area contributed by atoms with Crippen molar-refractivity contribution in [1.82, 2.24) is 14.8 Å². The predicted octanol–water partition coefficient (Wildman–Crippen LogP) is 4.29. The molecule has 0 atom stereocenters. The summed E-state index contributed by atoms with van der Waals surface area (Å²) in [6.07, 6.45) is 1.37. The van der Waals surface area contributed by atoms with Crippen LogP contribution in [-0.4, -0.2) is 26.6 Å². The number of halogens is 1. The molecule has 4 aromatic rings. The van der Waals surface area contributed by atoms with E-state index in [1.165, 1.54) is 18.3 Å². The van der Waals surface area contributed by atoms with Crippen LogP contribution in [0.15, 0.2) is 48.7 Å². The van der Waals surface area contributed by atoms with Gasteiger partial charge in [-0.15, -0.1) is 0 Å². The molecule has 5 rings (SSSR count). The van der Waals surface area contributed by atoms with Crippen LogP contribution >= 0.6 is 0 Å². The second-order valence-corrected chi connectivity index (χ2v) is 7.48. The highest BCUT2D eigenvalue weighted by atomic mass is 19.1. The molecular weight excluding hydrogens is 383 g/mol. The maximum Gasteiger partial charge on any atom is 0.267 e. The molecule has 0 bridgehead atoms. The van der Waals surface area contributed by atoms with E-state index in [9.17, 15) is 14.0 Å². The quantitative estimate of drug-likeness (QED) is 0.471. The minimum absolute atomic E-state index is 0.0660. The molecule has 1 aliphatic rings. The Morgan fingerprint density at radius 3 is 2.43 bits per heavy atom. The highest BCUT2D eigenvalue weighted by Crippen LogP contribution is 2.35. The zero-order chi connectivity index (χ0) is 21.2. The van der Waals surface area contributed by atoms with Gasteiger partial charge in [-0.1, -0.05) is 18.2 Å². The van der Waals surface area contributed by atoms with Crippen molar-refractivity contribution in [2.24, 2.45) is 0 Å². The fraction of sp³-hybridized carbons (Fsp3) is 0.130. The number of nitrogens with zero attached hydrogens (tertiary/aromatic N) is 4. The van der Waals surface area contributed by atoms with E-state index in [1.807, 2.05) is 31.2 Å². The van der Waals surface area contributed by atoms with Crippen LogP contribution < -0.4 is 4.90 Å². The molecule has 148 valence electrons. The standard InChI is InChI=1S/C23H17FN4O2/c1-12-5-4-6-15(9-12)28-21-19(14(3)26-28)20-16(11-25-21)22(29)27(23(20)30)18-8-7-13(2)10-17(18)24/h4-11H,1-3H3. The number of aryl methyl sites for hydroxylation is 3. The largest absolute Gasteiger partial charge is 0.268 e. The molecule has 7 heteroatoms. The third-order valence-corrected chi connectivity index (χ3v) is 5.31. The van der Waals surface area contributed by atoms with Crippen molar-refractivity contribution in [3.8, 4) is 5.69 Å². The third kappa shape index (κ3) is 2.48. The number of aromatic nitrogens is 3. The summed E-state index contributed by atoms with van der Waals surface area (Å²) in [5.41, 5.74) is 3.91. The molecule has 3 heterocycles. The monoisotopic (exact) mass is 400 g/mol. The lowest BCUT2D eigenvalue weighted by atomic mass is 10.1. The summed E-state index contributed by atoms with van der Waals surface area (Å²) in [4.78, 5) is 31.6. The molecule has 0 aliphatic carbocycles. The van der Waals surface area contributed by atoms with Crippen LogP contribution in [0.1, 0.15) is 37.5 Å². The average Bonchev–Trinajstić information content (AvgIpc) is 3.17. The first kappa shape index (κ1) is 18.2. The maximum absolute atomic E-state index is 14.6. The van der Waals surface area contributed by atoms with E-state index in [-0.39, 0.29) is 16.8 Å². The van der Waals surface area contributed by atoms with E-state index in [2.05, 4.69) is 10.1 Å². The lowest BCUT2D eigenvalue weighted by molar-refractivity contribution is 0.0925. The Hall–Kier alpha value is -3.87. The molecule has 0 N–H and O–H groups in total. The van der Waals surface area contributed by atoms with E-state index < -0.39 is 17.6 Å². The van der Waals surface area contributed by atoms with E-state index in [4.69, 9.17) is 0 Å². The van der Waals surface area contributed by atoms with E-state index >= 15 is 0 Å². The Labute approximate surface area is 171 Å². The molecule has 0 saturated heterocycles. The molecule has 2 aromatic carbocycles. The lowest BCUT2D eigenvalue weighted by Gasteiger charge is -2.15. The Bertz CT molecular complexity index is 1390. The van der Waals surface area contributed by atoms with Crippen molar-refractivity contribution < 1.29 is 14.0 Å². The number of imide groups is 1. The van der Waals surface area contributed by atoms with Crippen molar-refractivity contribution >= 4 is 28.5 Å². The van der Waals surface area contributed by atoms with Crippen molar-refractivity contribution in [3.05, 3.63) is 82.4 Å². The van der Waals surface area contributed by atoms with Crippen LogP contribution in [0.25, 0.3) is 16.7 Å². The second-order valence-electron chi connectivity index (χ2n) is 7.48. The minimum Gasteiger partial charge on any atom is -0.268 e. The lowest BCUT2D eigenvalue weighted by Crippen LogP contribution is -2.30. The number of rotatable bonds is 2. The van der Waals surface area contributed by atoms with Gasteiger partial charge in [-0.25, -0.2) is 19.0 Å². The summed E-state index contributed by atoms with van der Waals surface area (Å²) >= 11 is 0. The Morgan fingerprint density at radius 2 is 1.70 bits per heavy atom. The number of carbonyl (C=O) groups excluding carboxylic acids is 2. The Morgan fingerprint density at radius 1 is 0.933 bits per heavy atom. The average molecular weight is 400 g/mol. The van der Waals surface area contributed by atoms with Gasteiger partial charge in [0.15, 0.2) is 5.65 Å². The van der Waals surface area contributed by atoms with Gasteiger partial charge in [0.25, 0.3) is 11.8 Å². The molecule has 0 unspecified atom stereocenters. The summed E-state index contributed by atoms with van der Waals surface area (Å²) in [6.45, 7) is 5.48. The first-order valence-electron chi connectivity index (χ1n) is 9.47. The van der Waals surface area contributed by atoms with Gasteiger partial charge >= 0.3 is 0 Å². The summed E-state index contributed by atoms with van der Waals surface area (Å²) in [5.74, 6) is -1.78. The topological polar surface area (TPSA) is 68.1 Å². The van der Waals surface area contributed by atoms with Crippen LogP contribution in [-0.2, 0) is 0 Å². The van der Waals surface area contributed by atoms with Crippen LogP contribution in [0.4, 0.5) is 10.1 Å². The van der Waals surface area contributed by atoms with E-state index in [0.29, 0.717) is 22.3 Å². The number of pyridine rings is 1. The summed E-state index contributed by atoms with van der Waals surface area (Å²) in [6, 6.07) is 12.2. The molecular formula is C23H17FN4O2. The summed E-state index contributed by atoms with van der Waals surface area (Å²) in [5, 5.41) is 5.07. The molecule has 2 aromatic heterocycles. The Balaban J connectivity index is 1.72. The van der Waals surface area contributed by atoms with Gasteiger partial charge in [0.05, 0.1) is 33.6 Å². The van der Waals surface area contributed by atoms with Gasteiger partial charge in [0.2, 0.25) is 0 Å². The maximum atomic E-state index is 14.6. The third-order valence-electron chi connectivity index (χ3n) is 5.31. The van der Waals surface area contributed by atoms with Gasteiger partial charge in [-0.3, -0.25) is 9.59 Å². The zero-order valence-corrected chi connectivity index (χ0v) is 16.6. The number of anilines is 1. The second kappa shape index (κ2) is 6.32. The highest BCUT2D eigenvalue weighted by molar-refractivity contribution is 6.37. The van der Waals surface area contributed by atoms with Crippen LogP contribution in [0.5, 0.6) is 0 Å². The number of benzene rings is 2. The molecule has 0 radical (unpaired) electrons. The minimum atomic E-state index is -0.624. The normalized spacial score (nSPS) is 13.4. The highest BCUT2D eigenvalue weighted by Gasteiger charge is 2.41. The molecule has 0 spiro atoms. The van der Waals surface area contributed by atoms with E-state index in [0.717, 1.165) is 16.2 Å². The van der Waals surface area contributed by atoms with Crippen molar-refractivity contribution in [2.45, 2.75) is 20.8 Å². The number of hydrogen-bond donors (Lipinski definition) is 0. The first-order chi connectivity index (χ1) is 14.4. The van der Waals surface area contributed by atoms with Crippen molar-refractivity contribution in [3.63, 3.8) is 0 Å². The molecule has 1 aliphatic heterocycles. The van der Waals surface area contributed by atoms with Crippen molar-refractivity contribution in [1.29, 1.82) is 0 Å². The predicted molar refractivity (Wildman–Crippen MR) is 111 cm³/mol. The number of hydrogen-bond acceptors (Lipinski definition) is 4. The molecule has 6 nitrogen and oxygen atoms in total. The SMILES string of the molecule is Cc1cccc(-n2nc(C)c3c4c(cnc32)C(=O)N(c2ccc(C)cc2F)C4=O)c1. The van der Waals surface area contributed by atoms with E-state index in [1.54, 1.807) is 24.6 Å². The fourth-order valence-electron chi connectivity index (χ4n) is 3.91. The first-order valence-corrected chi connectivity index (χ1v) is 9.47. The molecule has 0 fully saturated rings. The van der Waals surface area contributed by atoms with Crippen LogP contribution in [0.2, 0.25) is 0 Å². The number of amides is 2. The van der Waals surface area contributed by atoms with Crippen LogP contribution in [0, 0.1) is 26.6 Å². The number of carbonyl (C=O) groups is 2.